The monoisotopic (exact) mass is 305 g/mol. The first-order valence-corrected chi connectivity index (χ1v) is 7.43. The summed E-state index contributed by atoms with van der Waals surface area (Å²) in [6.45, 7) is 6.29. The van der Waals surface area contributed by atoms with Crippen molar-refractivity contribution >= 4 is 11.6 Å². The zero-order valence-electron chi connectivity index (χ0n) is 12.9. The van der Waals surface area contributed by atoms with Gasteiger partial charge in [-0.15, -0.1) is 0 Å². The van der Waals surface area contributed by atoms with Crippen molar-refractivity contribution in [3.63, 3.8) is 0 Å². The highest BCUT2D eigenvalue weighted by Gasteiger charge is 2.31. The Balaban J connectivity index is 2.43. The Kier molecular flexibility index (Phi) is 4.70. The molecule has 0 aliphatic heterocycles. The quantitative estimate of drug-likeness (QED) is 0.835. The van der Waals surface area contributed by atoms with E-state index in [2.05, 4.69) is 25.2 Å². The maximum Gasteiger partial charge on any atom is 0.123 e. The summed E-state index contributed by atoms with van der Waals surface area (Å²) in [7, 11) is 1.93. The van der Waals surface area contributed by atoms with Gasteiger partial charge in [0.05, 0.1) is 0 Å². The predicted octanol–water partition coefficient (Wildman–Crippen LogP) is 5.03. The highest BCUT2D eigenvalue weighted by atomic mass is 35.5. The number of rotatable bonds is 4. The third kappa shape index (κ3) is 3.28. The van der Waals surface area contributed by atoms with Crippen LogP contribution in [0.15, 0.2) is 42.5 Å². The Morgan fingerprint density at radius 1 is 1.10 bits per heavy atom. The van der Waals surface area contributed by atoms with Gasteiger partial charge in [0.2, 0.25) is 0 Å². The lowest BCUT2D eigenvalue weighted by atomic mass is 9.75. The fraction of sp³-hybridized carbons (Fsp3) is 0.333. The van der Waals surface area contributed by atoms with E-state index >= 15 is 0 Å². The summed E-state index contributed by atoms with van der Waals surface area (Å²) in [4.78, 5) is 0. The predicted molar refractivity (Wildman–Crippen MR) is 87.4 cm³/mol. The molecule has 0 heterocycles. The minimum Gasteiger partial charge on any atom is -0.312 e. The van der Waals surface area contributed by atoms with Crippen LogP contribution in [0.3, 0.4) is 0 Å². The Bertz CT molecular complexity index is 620. The molecule has 3 heteroatoms. The molecular formula is C18H21ClFN. The van der Waals surface area contributed by atoms with Crippen molar-refractivity contribution in [2.24, 2.45) is 0 Å². The molecule has 112 valence electrons. The molecule has 0 aliphatic rings. The normalized spacial score (nSPS) is 13.2. The number of aryl methyl sites for hydroxylation is 1. The van der Waals surface area contributed by atoms with Gasteiger partial charge in [0, 0.05) is 16.5 Å². The Morgan fingerprint density at radius 3 is 2.24 bits per heavy atom. The molecule has 0 amide bonds. The fourth-order valence-corrected chi connectivity index (χ4v) is 2.97. The van der Waals surface area contributed by atoms with Gasteiger partial charge in [0.1, 0.15) is 5.82 Å². The molecule has 0 saturated carbocycles. The summed E-state index contributed by atoms with van der Waals surface area (Å²) in [5.74, 6) is -0.214. The van der Waals surface area contributed by atoms with E-state index < -0.39 is 0 Å². The van der Waals surface area contributed by atoms with Crippen LogP contribution in [0.2, 0.25) is 5.02 Å². The van der Waals surface area contributed by atoms with Crippen molar-refractivity contribution in [2.75, 3.05) is 7.05 Å². The second-order valence-electron chi connectivity index (χ2n) is 5.96. The fourth-order valence-electron chi connectivity index (χ4n) is 2.78. The van der Waals surface area contributed by atoms with E-state index in [0.717, 1.165) is 21.7 Å². The van der Waals surface area contributed by atoms with E-state index in [1.54, 1.807) is 0 Å². The van der Waals surface area contributed by atoms with Gasteiger partial charge in [-0.3, -0.25) is 0 Å². The second kappa shape index (κ2) is 6.17. The SMILES string of the molecule is CNC(c1ccc(C)c(Cl)c1)C(C)(C)c1ccc(F)cc1. The maximum atomic E-state index is 13.1. The number of benzene rings is 2. The van der Waals surface area contributed by atoms with Crippen molar-refractivity contribution in [1.29, 1.82) is 0 Å². The van der Waals surface area contributed by atoms with Crippen LogP contribution < -0.4 is 5.32 Å². The highest BCUT2D eigenvalue weighted by Crippen LogP contribution is 2.37. The molecule has 1 nitrogen and oxygen atoms in total. The number of hydrogen-bond acceptors (Lipinski definition) is 1. The van der Waals surface area contributed by atoms with Gasteiger partial charge >= 0.3 is 0 Å². The van der Waals surface area contributed by atoms with Gasteiger partial charge in [0.15, 0.2) is 0 Å². The van der Waals surface area contributed by atoms with E-state index in [4.69, 9.17) is 11.6 Å². The van der Waals surface area contributed by atoms with Crippen molar-refractivity contribution in [3.05, 3.63) is 70.0 Å². The first-order chi connectivity index (χ1) is 9.86. The number of halogens is 2. The molecule has 21 heavy (non-hydrogen) atoms. The first kappa shape index (κ1) is 16.0. The van der Waals surface area contributed by atoms with Crippen molar-refractivity contribution in [1.82, 2.24) is 5.32 Å². The summed E-state index contributed by atoms with van der Waals surface area (Å²) in [6, 6.07) is 12.9. The highest BCUT2D eigenvalue weighted by molar-refractivity contribution is 6.31. The van der Waals surface area contributed by atoms with E-state index in [1.807, 2.05) is 38.2 Å². The van der Waals surface area contributed by atoms with Crippen molar-refractivity contribution in [3.8, 4) is 0 Å². The van der Waals surface area contributed by atoms with Crippen LogP contribution >= 0.6 is 11.6 Å². The topological polar surface area (TPSA) is 12.0 Å². The smallest absolute Gasteiger partial charge is 0.123 e. The summed E-state index contributed by atoms with van der Waals surface area (Å²) in [6.07, 6.45) is 0. The summed E-state index contributed by atoms with van der Waals surface area (Å²) >= 11 is 6.25. The van der Waals surface area contributed by atoms with Gasteiger partial charge in [0.25, 0.3) is 0 Å². The lowest BCUT2D eigenvalue weighted by molar-refractivity contribution is 0.368. The Labute approximate surface area is 131 Å². The molecule has 0 saturated heterocycles. The number of hydrogen-bond donors (Lipinski definition) is 1. The molecule has 0 radical (unpaired) electrons. The second-order valence-corrected chi connectivity index (χ2v) is 6.37. The molecule has 2 aromatic rings. The molecule has 0 aromatic heterocycles. The third-order valence-electron chi connectivity index (χ3n) is 4.13. The van der Waals surface area contributed by atoms with Gasteiger partial charge in [-0.05, 0) is 48.9 Å². The molecule has 0 aliphatic carbocycles. The molecule has 0 spiro atoms. The molecule has 1 atom stereocenters. The zero-order chi connectivity index (χ0) is 15.6. The van der Waals surface area contributed by atoms with Crippen molar-refractivity contribution in [2.45, 2.75) is 32.2 Å². The summed E-state index contributed by atoms with van der Waals surface area (Å²) in [5, 5.41) is 4.13. The summed E-state index contributed by atoms with van der Waals surface area (Å²) in [5.41, 5.74) is 3.08. The molecule has 1 unspecified atom stereocenters. The Hall–Kier alpha value is -1.38. The van der Waals surface area contributed by atoms with Gasteiger partial charge in [-0.1, -0.05) is 49.7 Å². The average Bonchev–Trinajstić information content (AvgIpc) is 2.44. The third-order valence-corrected chi connectivity index (χ3v) is 4.54. The molecule has 0 bridgehead atoms. The standard InChI is InChI=1S/C18H21ClFN/c1-12-5-6-13(11-16(12)19)17(21-4)18(2,3)14-7-9-15(20)10-8-14/h5-11,17,21H,1-4H3. The first-order valence-electron chi connectivity index (χ1n) is 7.05. The average molecular weight is 306 g/mol. The van der Waals surface area contributed by atoms with E-state index in [-0.39, 0.29) is 17.3 Å². The largest absolute Gasteiger partial charge is 0.312 e. The minimum atomic E-state index is -0.214. The van der Waals surface area contributed by atoms with Crippen LogP contribution in [0.5, 0.6) is 0 Å². The molecule has 2 aromatic carbocycles. The molecule has 1 N–H and O–H groups in total. The molecular weight excluding hydrogens is 285 g/mol. The lowest BCUT2D eigenvalue weighted by Crippen LogP contribution is -2.35. The maximum absolute atomic E-state index is 13.1. The van der Waals surface area contributed by atoms with Crippen LogP contribution in [0.1, 0.15) is 36.6 Å². The Morgan fingerprint density at radius 2 is 1.71 bits per heavy atom. The van der Waals surface area contributed by atoms with Crippen LogP contribution in [0.4, 0.5) is 4.39 Å². The van der Waals surface area contributed by atoms with Crippen LogP contribution in [-0.2, 0) is 5.41 Å². The van der Waals surface area contributed by atoms with Gasteiger partial charge in [-0.2, -0.15) is 0 Å². The van der Waals surface area contributed by atoms with E-state index in [9.17, 15) is 4.39 Å². The van der Waals surface area contributed by atoms with Crippen molar-refractivity contribution < 1.29 is 4.39 Å². The number of likely N-dealkylation sites (N-methyl/N-ethyl adjacent to an activating group) is 1. The van der Waals surface area contributed by atoms with Crippen LogP contribution in [0.25, 0.3) is 0 Å². The molecule has 2 rings (SSSR count). The summed E-state index contributed by atoms with van der Waals surface area (Å²) < 4.78 is 13.1. The molecule has 0 fully saturated rings. The lowest BCUT2D eigenvalue weighted by Gasteiger charge is -2.35. The van der Waals surface area contributed by atoms with Gasteiger partial charge in [-0.25, -0.2) is 4.39 Å². The van der Waals surface area contributed by atoms with Gasteiger partial charge < -0.3 is 5.32 Å². The zero-order valence-corrected chi connectivity index (χ0v) is 13.6. The van der Waals surface area contributed by atoms with E-state index in [1.165, 1.54) is 12.1 Å². The number of nitrogens with one attached hydrogen (secondary N) is 1. The minimum absolute atomic E-state index is 0.0843. The van der Waals surface area contributed by atoms with Crippen LogP contribution in [-0.4, -0.2) is 7.05 Å². The van der Waals surface area contributed by atoms with E-state index in [0.29, 0.717) is 0 Å². The van der Waals surface area contributed by atoms with Crippen LogP contribution in [0, 0.1) is 12.7 Å².